The Morgan fingerprint density at radius 2 is 1.79 bits per heavy atom. The van der Waals surface area contributed by atoms with Gasteiger partial charge in [-0.2, -0.15) is 17.7 Å². The zero-order valence-corrected chi connectivity index (χ0v) is 11.7. The van der Waals surface area contributed by atoms with Crippen LogP contribution in [0.4, 0.5) is 13.2 Å². The fourth-order valence-electron chi connectivity index (χ4n) is 1.46. The van der Waals surface area contributed by atoms with E-state index in [0.717, 1.165) is 17.8 Å². The van der Waals surface area contributed by atoms with Crippen molar-refractivity contribution in [2.45, 2.75) is 37.5 Å². The molecule has 104 valence electrons. The summed E-state index contributed by atoms with van der Waals surface area (Å²) in [7, 11) is 0. The second-order valence-corrected chi connectivity index (χ2v) is 5.85. The molecule has 0 aliphatic rings. The highest BCUT2D eigenvalue weighted by Crippen LogP contribution is 2.30. The SMILES string of the molecule is CSc1nc(C(F)(F)F)cc2nc(C(C)(C)C)nn12. The molecular weight excluding hydrogens is 277 g/mol. The Labute approximate surface area is 112 Å². The lowest BCUT2D eigenvalue weighted by molar-refractivity contribution is -0.141. The first-order chi connectivity index (χ1) is 8.63. The average Bonchev–Trinajstić information content (AvgIpc) is 2.69. The highest BCUT2D eigenvalue weighted by molar-refractivity contribution is 7.98. The van der Waals surface area contributed by atoms with Gasteiger partial charge in [-0.15, -0.1) is 5.10 Å². The molecule has 0 bridgehead atoms. The molecule has 0 saturated heterocycles. The predicted molar refractivity (Wildman–Crippen MR) is 66.3 cm³/mol. The van der Waals surface area contributed by atoms with Gasteiger partial charge in [0.1, 0.15) is 0 Å². The fourth-order valence-corrected chi connectivity index (χ4v) is 1.96. The Morgan fingerprint density at radius 3 is 2.26 bits per heavy atom. The molecule has 0 aliphatic heterocycles. The van der Waals surface area contributed by atoms with Gasteiger partial charge < -0.3 is 0 Å². The molecule has 2 aromatic heterocycles. The van der Waals surface area contributed by atoms with Gasteiger partial charge in [0, 0.05) is 11.5 Å². The Balaban J connectivity index is 2.70. The normalized spacial score (nSPS) is 13.2. The minimum absolute atomic E-state index is 0.164. The van der Waals surface area contributed by atoms with E-state index in [-0.39, 0.29) is 16.2 Å². The molecule has 0 fully saturated rings. The second kappa shape index (κ2) is 4.36. The van der Waals surface area contributed by atoms with E-state index in [9.17, 15) is 13.2 Å². The van der Waals surface area contributed by atoms with Crippen molar-refractivity contribution < 1.29 is 13.2 Å². The Morgan fingerprint density at radius 1 is 1.16 bits per heavy atom. The third-order valence-electron chi connectivity index (χ3n) is 2.44. The summed E-state index contributed by atoms with van der Waals surface area (Å²) in [5.41, 5.74) is -1.12. The van der Waals surface area contributed by atoms with Crippen LogP contribution in [0.25, 0.3) is 5.65 Å². The summed E-state index contributed by atoms with van der Waals surface area (Å²) in [5, 5.41) is 4.41. The van der Waals surface area contributed by atoms with E-state index in [1.165, 1.54) is 4.52 Å². The smallest absolute Gasteiger partial charge is 0.218 e. The third kappa shape index (κ3) is 2.68. The number of aromatic nitrogens is 4. The number of halogens is 3. The van der Waals surface area contributed by atoms with E-state index in [1.54, 1.807) is 6.26 Å². The van der Waals surface area contributed by atoms with E-state index in [2.05, 4.69) is 15.1 Å². The van der Waals surface area contributed by atoms with Gasteiger partial charge in [-0.1, -0.05) is 32.5 Å². The average molecular weight is 290 g/mol. The summed E-state index contributed by atoms with van der Waals surface area (Å²) >= 11 is 1.10. The van der Waals surface area contributed by atoms with Crippen molar-refractivity contribution in [2.24, 2.45) is 0 Å². The molecule has 0 amide bonds. The van der Waals surface area contributed by atoms with Crippen molar-refractivity contribution in [3.05, 3.63) is 17.6 Å². The first kappa shape index (κ1) is 14.1. The van der Waals surface area contributed by atoms with Crippen molar-refractivity contribution in [2.75, 3.05) is 6.26 Å². The van der Waals surface area contributed by atoms with Gasteiger partial charge in [-0.25, -0.2) is 9.97 Å². The summed E-state index contributed by atoms with van der Waals surface area (Å²) in [6.45, 7) is 5.70. The molecule has 4 nitrogen and oxygen atoms in total. The standard InChI is InChI=1S/C11H13F3N4S/c1-10(2,3)8-16-7-5-6(11(12,13)14)15-9(19-4)18(7)17-8/h5H,1-4H3. The van der Waals surface area contributed by atoms with E-state index in [4.69, 9.17) is 0 Å². The summed E-state index contributed by atoms with van der Waals surface area (Å²) in [4.78, 5) is 7.75. The zero-order chi connectivity index (χ0) is 14.4. The van der Waals surface area contributed by atoms with Crippen LogP contribution in [0.5, 0.6) is 0 Å². The third-order valence-corrected chi connectivity index (χ3v) is 3.07. The maximum atomic E-state index is 12.7. The Hall–Kier alpha value is -1.31. The van der Waals surface area contributed by atoms with Crippen molar-refractivity contribution in [3.8, 4) is 0 Å². The minimum Gasteiger partial charge on any atom is -0.218 e. The highest BCUT2D eigenvalue weighted by atomic mass is 32.2. The van der Waals surface area contributed by atoms with Gasteiger partial charge in [-0.3, -0.25) is 0 Å². The molecule has 0 N–H and O–H groups in total. The highest BCUT2D eigenvalue weighted by Gasteiger charge is 2.34. The first-order valence-electron chi connectivity index (χ1n) is 5.52. The monoisotopic (exact) mass is 290 g/mol. The van der Waals surface area contributed by atoms with Gasteiger partial charge in [0.15, 0.2) is 22.3 Å². The number of rotatable bonds is 1. The van der Waals surface area contributed by atoms with Crippen LogP contribution >= 0.6 is 11.8 Å². The first-order valence-corrected chi connectivity index (χ1v) is 6.75. The largest absolute Gasteiger partial charge is 0.433 e. The molecule has 0 atom stereocenters. The lowest BCUT2D eigenvalue weighted by Crippen LogP contribution is -2.13. The van der Waals surface area contributed by atoms with E-state index in [0.29, 0.717) is 5.82 Å². The summed E-state index contributed by atoms with van der Waals surface area (Å²) < 4.78 is 39.6. The van der Waals surface area contributed by atoms with E-state index in [1.807, 2.05) is 20.8 Å². The maximum Gasteiger partial charge on any atom is 0.433 e. The number of thioether (sulfide) groups is 1. The van der Waals surface area contributed by atoms with Crippen LogP contribution in [-0.4, -0.2) is 25.8 Å². The second-order valence-electron chi connectivity index (χ2n) is 5.08. The Bertz CT molecular complexity index is 613. The number of hydrogen-bond donors (Lipinski definition) is 0. The fraction of sp³-hybridized carbons (Fsp3) is 0.545. The van der Waals surface area contributed by atoms with Gasteiger partial charge >= 0.3 is 6.18 Å². The molecule has 8 heteroatoms. The summed E-state index contributed by atoms with van der Waals surface area (Å²) in [6, 6.07) is 0.919. The molecule has 0 saturated carbocycles. The quantitative estimate of drug-likeness (QED) is 0.597. The van der Waals surface area contributed by atoms with E-state index < -0.39 is 11.9 Å². The minimum atomic E-state index is -4.49. The number of nitrogens with zero attached hydrogens (tertiary/aromatic N) is 4. The molecule has 2 aromatic rings. The molecule has 0 unspecified atom stereocenters. The molecule has 2 rings (SSSR count). The zero-order valence-electron chi connectivity index (χ0n) is 10.9. The lowest BCUT2D eigenvalue weighted by Gasteiger charge is -2.11. The molecular formula is C11H13F3N4S. The van der Waals surface area contributed by atoms with Gasteiger partial charge in [0.2, 0.25) is 0 Å². The topological polar surface area (TPSA) is 43.1 Å². The molecule has 0 radical (unpaired) electrons. The van der Waals surface area contributed by atoms with Crippen LogP contribution in [0.2, 0.25) is 0 Å². The van der Waals surface area contributed by atoms with Crippen molar-refractivity contribution >= 4 is 17.4 Å². The van der Waals surface area contributed by atoms with Crippen molar-refractivity contribution in [1.29, 1.82) is 0 Å². The molecule has 0 spiro atoms. The molecule has 0 aliphatic carbocycles. The number of fused-ring (bicyclic) bond motifs is 1. The van der Waals surface area contributed by atoms with Crippen LogP contribution in [0, 0.1) is 0 Å². The Kier molecular flexibility index (Phi) is 3.24. The lowest BCUT2D eigenvalue weighted by atomic mass is 9.96. The maximum absolute atomic E-state index is 12.7. The summed E-state index contributed by atoms with van der Waals surface area (Å²) in [5.74, 6) is 0.490. The summed E-state index contributed by atoms with van der Waals surface area (Å²) in [6.07, 6.45) is -2.83. The van der Waals surface area contributed by atoms with Gasteiger partial charge in [0.25, 0.3) is 0 Å². The van der Waals surface area contributed by atoms with Crippen LogP contribution in [-0.2, 0) is 11.6 Å². The molecule has 19 heavy (non-hydrogen) atoms. The van der Waals surface area contributed by atoms with Crippen molar-refractivity contribution in [3.63, 3.8) is 0 Å². The van der Waals surface area contributed by atoms with Crippen LogP contribution in [0.15, 0.2) is 11.2 Å². The number of hydrogen-bond acceptors (Lipinski definition) is 4. The number of alkyl halides is 3. The van der Waals surface area contributed by atoms with Crippen LogP contribution < -0.4 is 0 Å². The molecule has 2 heterocycles. The molecule has 0 aromatic carbocycles. The van der Waals surface area contributed by atoms with Gasteiger partial charge in [-0.05, 0) is 6.26 Å². The van der Waals surface area contributed by atoms with E-state index >= 15 is 0 Å². The van der Waals surface area contributed by atoms with Crippen molar-refractivity contribution in [1.82, 2.24) is 19.6 Å². The van der Waals surface area contributed by atoms with Crippen LogP contribution in [0.3, 0.4) is 0 Å². The predicted octanol–water partition coefficient (Wildman–Crippen LogP) is 3.16. The van der Waals surface area contributed by atoms with Crippen LogP contribution in [0.1, 0.15) is 32.3 Å². The van der Waals surface area contributed by atoms with Gasteiger partial charge in [0.05, 0.1) is 0 Å².